The molecule has 10 atom stereocenters. The average molecular weight is 709 g/mol. The molecule has 3 unspecified atom stereocenters. The van der Waals surface area contributed by atoms with Gasteiger partial charge in [-0.2, -0.15) is 0 Å². The van der Waals surface area contributed by atoms with Crippen LogP contribution in [-0.2, 0) is 61.9 Å². The lowest BCUT2D eigenvalue weighted by molar-refractivity contribution is -0.366. The molecule has 2 saturated carbocycles. The van der Waals surface area contributed by atoms with Gasteiger partial charge in [0.25, 0.3) is 0 Å². The Morgan fingerprint density at radius 2 is 1.40 bits per heavy atom. The van der Waals surface area contributed by atoms with Gasteiger partial charge in [0.1, 0.15) is 30.0 Å². The number of unbranched alkanes of at least 4 members (excludes halogenated alkanes) is 2. The maximum atomic E-state index is 13.9. The van der Waals surface area contributed by atoms with Crippen LogP contribution < -0.4 is 0 Å². The van der Waals surface area contributed by atoms with E-state index in [1.807, 2.05) is 6.92 Å². The number of aliphatic hydroxyl groups is 1. The number of hydrogen-bond donors (Lipinski definition) is 1. The van der Waals surface area contributed by atoms with E-state index < -0.39 is 100 Å². The first-order valence-electron chi connectivity index (χ1n) is 17.3. The minimum absolute atomic E-state index is 0.00328. The van der Waals surface area contributed by atoms with Crippen LogP contribution in [0.15, 0.2) is 11.1 Å². The quantitative estimate of drug-likeness (QED) is 0.150. The zero-order chi connectivity index (χ0) is 37.6. The number of fused-ring (bicyclic) bond motifs is 5. The highest BCUT2D eigenvalue weighted by Gasteiger charge is 2.79. The molecule has 4 aliphatic rings. The largest absolute Gasteiger partial charge is 0.462 e. The van der Waals surface area contributed by atoms with Crippen molar-refractivity contribution >= 4 is 35.8 Å². The summed E-state index contributed by atoms with van der Waals surface area (Å²) in [6, 6.07) is 0. The highest BCUT2D eigenvalue weighted by Crippen LogP contribution is 2.66. The molecule has 1 aliphatic heterocycles. The molecular weight excluding hydrogens is 656 g/mol. The van der Waals surface area contributed by atoms with Gasteiger partial charge in [-0.1, -0.05) is 40.5 Å². The van der Waals surface area contributed by atoms with Gasteiger partial charge in [-0.15, -0.1) is 0 Å². The van der Waals surface area contributed by atoms with E-state index in [0.29, 0.717) is 12.0 Å². The van der Waals surface area contributed by atoms with E-state index in [-0.39, 0.29) is 31.4 Å². The second-order valence-electron chi connectivity index (χ2n) is 14.9. The summed E-state index contributed by atoms with van der Waals surface area (Å²) < 4.78 is 42.5. The Labute approximate surface area is 292 Å². The third-order valence-corrected chi connectivity index (χ3v) is 11.3. The molecule has 1 heterocycles. The molecule has 1 N–H and O–H groups in total. The molecule has 280 valence electrons. The van der Waals surface area contributed by atoms with Gasteiger partial charge in [0, 0.05) is 59.3 Å². The molecule has 3 aliphatic carbocycles. The lowest BCUT2D eigenvalue weighted by Crippen LogP contribution is -2.82. The molecule has 0 spiro atoms. The number of carbonyl (C=O) groups is 6. The third-order valence-electron chi connectivity index (χ3n) is 11.3. The van der Waals surface area contributed by atoms with Gasteiger partial charge in [0.2, 0.25) is 0 Å². The number of hydrogen-bond acceptors (Lipinski definition) is 14. The first-order chi connectivity index (χ1) is 23.2. The van der Waals surface area contributed by atoms with Gasteiger partial charge < -0.3 is 38.3 Å². The molecule has 14 nitrogen and oxygen atoms in total. The van der Waals surface area contributed by atoms with Crippen molar-refractivity contribution in [2.24, 2.45) is 16.7 Å². The lowest BCUT2D eigenvalue weighted by atomic mass is 9.44. The number of rotatable bonds is 10. The van der Waals surface area contributed by atoms with Crippen molar-refractivity contribution in [3.8, 4) is 0 Å². The molecule has 0 amide bonds. The molecule has 0 aromatic rings. The molecule has 3 fully saturated rings. The summed E-state index contributed by atoms with van der Waals surface area (Å²) in [5.74, 6) is -5.57. The summed E-state index contributed by atoms with van der Waals surface area (Å²) in [6.45, 7) is 14.4. The van der Waals surface area contributed by atoms with Crippen molar-refractivity contribution in [1.29, 1.82) is 0 Å². The standard InChI is InChI=1S/C36H52O14/c1-11-12-13-14-27(42)49-32-30-34(10,25(46-20(4)38)15-26-35(30,17-44-26)50-23(7)41)31(48-22(6)40)29(47-21(5)39)28-18(2)24(45-19(3)37)16-36(32,43)33(28,8)9/h24-26,29-32,43H,11-17H2,1-10H3/t24-,25+,26+,29+,30?,31?,32?,34+,35-,36+/m0/s1. The fourth-order valence-electron chi connectivity index (χ4n) is 9.12. The first kappa shape index (κ1) is 39.3. The maximum Gasteiger partial charge on any atom is 0.306 e. The van der Waals surface area contributed by atoms with Crippen molar-refractivity contribution < 1.29 is 67.0 Å². The fourth-order valence-corrected chi connectivity index (χ4v) is 9.12. The molecule has 0 aromatic heterocycles. The van der Waals surface area contributed by atoms with Crippen LogP contribution in [0.1, 0.15) is 108 Å². The normalized spacial score (nSPS) is 36.9. The van der Waals surface area contributed by atoms with Crippen molar-refractivity contribution in [3.05, 3.63) is 11.1 Å². The van der Waals surface area contributed by atoms with Gasteiger partial charge in [0.15, 0.2) is 17.8 Å². The van der Waals surface area contributed by atoms with Crippen LogP contribution in [0.2, 0.25) is 0 Å². The molecule has 50 heavy (non-hydrogen) atoms. The SMILES string of the molecule is CCCCCC(=O)OC1C2[C@](C)(C(OC(C)=O)[C@H](OC(C)=O)C3=C(C)[C@@H](OC(C)=O)C[C@]1(O)C3(C)C)[C@H](OC(C)=O)C[C@H]1OC[C@@]21OC(C)=O. The van der Waals surface area contributed by atoms with E-state index >= 15 is 0 Å². The zero-order valence-corrected chi connectivity index (χ0v) is 30.7. The molecular formula is C36H52O14. The van der Waals surface area contributed by atoms with E-state index in [4.69, 9.17) is 33.2 Å². The van der Waals surface area contributed by atoms with Crippen molar-refractivity contribution in [1.82, 2.24) is 0 Å². The van der Waals surface area contributed by atoms with Crippen molar-refractivity contribution in [2.75, 3.05) is 6.61 Å². The minimum atomic E-state index is -2.13. The molecule has 0 aromatic carbocycles. The monoisotopic (exact) mass is 708 g/mol. The minimum Gasteiger partial charge on any atom is -0.462 e. The van der Waals surface area contributed by atoms with Crippen LogP contribution in [0.5, 0.6) is 0 Å². The topological polar surface area (TPSA) is 187 Å². The zero-order valence-electron chi connectivity index (χ0n) is 30.7. The number of ether oxygens (including phenoxy) is 7. The summed E-state index contributed by atoms with van der Waals surface area (Å²) >= 11 is 0. The van der Waals surface area contributed by atoms with Crippen molar-refractivity contribution in [3.63, 3.8) is 0 Å². The molecule has 0 radical (unpaired) electrons. The van der Waals surface area contributed by atoms with Gasteiger partial charge in [-0.05, 0) is 24.5 Å². The predicted molar refractivity (Wildman–Crippen MR) is 173 cm³/mol. The lowest BCUT2D eigenvalue weighted by Gasteiger charge is -2.69. The van der Waals surface area contributed by atoms with E-state index in [9.17, 15) is 33.9 Å². The smallest absolute Gasteiger partial charge is 0.306 e. The van der Waals surface area contributed by atoms with Crippen LogP contribution in [0.3, 0.4) is 0 Å². The molecule has 1 saturated heterocycles. The van der Waals surface area contributed by atoms with E-state index in [2.05, 4.69) is 0 Å². The van der Waals surface area contributed by atoms with Gasteiger partial charge in [-0.3, -0.25) is 28.8 Å². The van der Waals surface area contributed by atoms with Crippen LogP contribution in [0.25, 0.3) is 0 Å². The summed E-state index contributed by atoms with van der Waals surface area (Å²) in [7, 11) is 0. The molecule has 14 heteroatoms. The second-order valence-corrected chi connectivity index (χ2v) is 14.9. The predicted octanol–water partition coefficient (Wildman–Crippen LogP) is 3.42. The Bertz CT molecular complexity index is 1430. The third kappa shape index (κ3) is 6.65. The Morgan fingerprint density at radius 1 is 0.800 bits per heavy atom. The van der Waals surface area contributed by atoms with Gasteiger partial charge >= 0.3 is 35.8 Å². The van der Waals surface area contributed by atoms with Crippen LogP contribution >= 0.6 is 0 Å². The van der Waals surface area contributed by atoms with Crippen LogP contribution in [-0.4, -0.2) is 95.4 Å². The van der Waals surface area contributed by atoms with E-state index in [0.717, 1.165) is 12.8 Å². The Kier molecular flexibility index (Phi) is 11.2. The number of esters is 6. The van der Waals surface area contributed by atoms with Crippen molar-refractivity contribution in [2.45, 2.75) is 156 Å². The molecule has 2 bridgehead atoms. The van der Waals surface area contributed by atoms with E-state index in [1.54, 1.807) is 27.7 Å². The summed E-state index contributed by atoms with van der Waals surface area (Å²) in [6.07, 6.45) is -5.96. The van der Waals surface area contributed by atoms with E-state index in [1.165, 1.54) is 34.6 Å². The van der Waals surface area contributed by atoms with Crippen LogP contribution in [0, 0.1) is 16.7 Å². The maximum absolute atomic E-state index is 13.9. The fraction of sp³-hybridized carbons (Fsp3) is 0.778. The first-order valence-corrected chi connectivity index (χ1v) is 17.3. The summed E-state index contributed by atoms with van der Waals surface area (Å²) in [4.78, 5) is 78.1. The Morgan fingerprint density at radius 3 is 1.90 bits per heavy atom. The van der Waals surface area contributed by atoms with Gasteiger partial charge in [-0.25, -0.2) is 0 Å². The highest BCUT2D eigenvalue weighted by molar-refractivity contribution is 5.71. The highest BCUT2D eigenvalue weighted by atomic mass is 16.6. The van der Waals surface area contributed by atoms with Crippen LogP contribution in [0.4, 0.5) is 0 Å². The Balaban J connectivity index is 2.20. The average Bonchev–Trinajstić information content (AvgIpc) is 2.96. The summed E-state index contributed by atoms with van der Waals surface area (Å²) in [5.41, 5.74) is -6.19. The Hall–Kier alpha value is -3.52. The molecule has 4 rings (SSSR count). The number of carbonyl (C=O) groups excluding carboxylic acids is 6. The summed E-state index contributed by atoms with van der Waals surface area (Å²) in [5, 5.41) is 13.4. The van der Waals surface area contributed by atoms with Gasteiger partial charge in [0.05, 0.1) is 17.9 Å². The second kappa shape index (κ2) is 14.2.